The summed E-state index contributed by atoms with van der Waals surface area (Å²) in [6.07, 6.45) is 0.466. The van der Waals surface area contributed by atoms with Crippen molar-refractivity contribution in [3.8, 4) is 17.0 Å². The summed E-state index contributed by atoms with van der Waals surface area (Å²) in [6.45, 7) is 5.79. The Balaban J connectivity index is 1.69. The van der Waals surface area contributed by atoms with E-state index < -0.39 is 9.84 Å². The Bertz CT molecular complexity index is 1610. The fraction of sp³-hybridized carbons (Fsp3) is 0.296. The molecule has 186 valence electrons. The Labute approximate surface area is 210 Å². The van der Waals surface area contributed by atoms with Crippen LogP contribution in [0.1, 0.15) is 39.6 Å². The van der Waals surface area contributed by atoms with Crippen LogP contribution in [0.25, 0.3) is 22.3 Å². The molecule has 0 radical (unpaired) electrons. The quantitative estimate of drug-likeness (QED) is 0.425. The minimum atomic E-state index is -3.13. The van der Waals surface area contributed by atoms with Crippen molar-refractivity contribution < 1.29 is 17.9 Å². The molecule has 0 aliphatic carbocycles. The maximum atomic E-state index is 13.7. The molecule has 3 heterocycles. The third-order valence-corrected chi connectivity index (χ3v) is 8.60. The van der Waals surface area contributed by atoms with Crippen molar-refractivity contribution in [1.29, 1.82) is 0 Å². The van der Waals surface area contributed by atoms with Crippen molar-refractivity contribution in [2.24, 2.45) is 0 Å². The Morgan fingerprint density at radius 2 is 1.89 bits per heavy atom. The molecule has 0 spiro atoms. The predicted octanol–water partition coefficient (Wildman–Crippen LogP) is 4.64. The van der Waals surface area contributed by atoms with Gasteiger partial charge < -0.3 is 10.1 Å². The Morgan fingerprint density at radius 1 is 1.11 bits per heavy atom. The largest absolute Gasteiger partial charge is 0.497 e. The number of methoxy groups -OCH3 is 1. The highest BCUT2D eigenvalue weighted by Gasteiger charge is 2.32. The molecule has 0 bridgehead atoms. The van der Waals surface area contributed by atoms with Crippen LogP contribution in [0.15, 0.2) is 48.5 Å². The van der Waals surface area contributed by atoms with Gasteiger partial charge in [0.05, 0.1) is 47.0 Å². The maximum absolute atomic E-state index is 13.7. The number of carbonyl (C=O) groups excluding carboxylic acids is 1. The zero-order valence-electron chi connectivity index (χ0n) is 20.7. The van der Waals surface area contributed by atoms with Crippen molar-refractivity contribution in [3.05, 3.63) is 70.9 Å². The number of benzene rings is 2. The number of nitrogens with one attached hydrogen (secondary N) is 1. The molecule has 0 saturated carbocycles. The van der Waals surface area contributed by atoms with Gasteiger partial charge in [-0.25, -0.2) is 18.1 Å². The highest BCUT2D eigenvalue weighted by atomic mass is 32.2. The van der Waals surface area contributed by atoms with E-state index in [1.54, 1.807) is 17.9 Å². The zero-order valence-corrected chi connectivity index (χ0v) is 21.5. The molecular formula is C27H28N4O4S. The number of hydrogen-bond acceptors (Lipinski definition) is 6. The topological polar surface area (TPSA) is 103 Å². The molecule has 1 saturated heterocycles. The van der Waals surface area contributed by atoms with Gasteiger partial charge in [0.2, 0.25) is 0 Å². The molecule has 9 heteroatoms. The molecule has 1 atom stereocenters. The second kappa shape index (κ2) is 9.05. The van der Waals surface area contributed by atoms with Gasteiger partial charge in [0, 0.05) is 11.3 Å². The van der Waals surface area contributed by atoms with Crippen LogP contribution in [0.3, 0.4) is 0 Å². The SMILES string of the molecule is COc1cccc(-c2cc(C(=O)Nc3cccc(C)c3C)c3c(C)nn(C4CCS(=O)(=O)C4)c3n2)c1. The number of nitrogens with zero attached hydrogens (tertiary/aromatic N) is 3. The number of ether oxygens (including phenoxy) is 1. The molecule has 1 aliphatic rings. The molecule has 2 aromatic heterocycles. The fourth-order valence-corrected chi connectivity index (χ4v) is 6.41. The third kappa shape index (κ3) is 4.35. The first-order chi connectivity index (χ1) is 17.2. The summed E-state index contributed by atoms with van der Waals surface area (Å²) >= 11 is 0. The minimum Gasteiger partial charge on any atom is -0.497 e. The first-order valence-corrected chi connectivity index (χ1v) is 13.6. The van der Waals surface area contributed by atoms with Crippen LogP contribution < -0.4 is 10.1 Å². The fourth-order valence-electron chi connectivity index (χ4n) is 4.72. The highest BCUT2D eigenvalue weighted by Crippen LogP contribution is 2.33. The van der Waals surface area contributed by atoms with Gasteiger partial charge in [-0.1, -0.05) is 24.3 Å². The lowest BCUT2D eigenvalue weighted by molar-refractivity contribution is 0.102. The van der Waals surface area contributed by atoms with E-state index in [1.165, 1.54) is 0 Å². The van der Waals surface area contributed by atoms with Crippen LogP contribution in [0.4, 0.5) is 5.69 Å². The monoisotopic (exact) mass is 504 g/mol. The van der Waals surface area contributed by atoms with E-state index in [-0.39, 0.29) is 23.5 Å². The van der Waals surface area contributed by atoms with Crippen LogP contribution >= 0.6 is 0 Å². The summed E-state index contributed by atoms with van der Waals surface area (Å²) in [5, 5.41) is 8.35. The van der Waals surface area contributed by atoms with Gasteiger partial charge in [0.25, 0.3) is 5.91 Å². The number of aryl methyl sites for hydroxylation is 2. The summed E-state index contributed by atoms with van der Waals surface area (Å²) in [6, 6.07) is 14.7. The van der Waals surface area contributed by atoms with Crippen molar-refractivity contribution in [2.75, 3.05) is 23.9 Å². The first-order valence-electron chi connectivity index (χ1n) is 11.8. The summed E-state index contributed by atoms with van der Waals surface area (Å²) in [7, 11) is -1.54. The van der Waals surface area contributed by atoms with Gasteiger partial charge in [0.15, 0.2) is 15.5 Å². The van der Waals surface area contributed by atoms with E-state index in [9.17, 15) is 13.2 Å². The van der Waals surface area contributed by atoms with Crippen LogP contribution in [-0.2, 0) is 9.84 Å². The summed E-state index contributed by atoms with van der Waals surface area (Å²) in [4.78, 5) is 18.6. The molecular weight excluding hydrogens is 476 g/mol. The molecule has 1 unspecified atom stereocenters. The molecule has 4 aromatic rings. The number of rotatable bonds is 5. The minimum absolute atomic E-state index is 0.0122. The highest BCUT2D eigenvalue weighted by molar-refractivity contribution is 7.91. The summed E-state index contributed by atoms with van der Waals surface area (Å²) < 4.78 is 31.5. The molecule has 1 fully saturated rings. The summed E-state index contributed by atoms with van der Waals surface area (Å²) in [5.41, 5.74) is 5.73. The van der Waals surface area contributed by atoms with E-state index in [2.05, 4.69) is 10.4 Å². The van der Waals surface area contributed by atoms with Crippen LogP contribution in [0, 0.1) is 20.8 Å². The number of anilines is 1. The zero-order chi connectivity index (χ0) is 25.6. The average Bonchev–Trinajstić information content (AvgIpc) is 3.40. The van der Waals surface area contributed by atoms with Crippen LogP contribution in [0.5, 0.6) is 5.75 Å². The maximum Gasteiger partial charge on any atom is 0.256 e. The Hall–Kier alpha value is -3.72. The standard InChI is InChI=1S/C27H28N4O4S/c1-16-7-5-10-23(17(16)2)29-27(32)22-14-24(19-8-6-9-21(13-19)35-4)28-26-25(22)18(3)30-31(26)20-11-12-36(33,34)15-20/h5-10,13-14,20H,11-12,15H2,1-4H3,(H,29,32). The molecule has 5 rings (SSSR count). The Morgan fingerprint density at radius 3 is 2.61 bits per heavy atom. The molecule has 1 aliphatic heterocycles. The van der Waals surface area contributed by atoms with Gasteiger partial charge in [0.1, 0.15) is 5.75 Å². The smallest absolute Gasteiger partial charge is 0.256 e. The predicted molar refractivity (Wildman–Crippen MR) is 140 cm³/mol. The number of pyridine rings is 1. The van der Waals surface area contributed by atoms with E-state index in [0.717, 1.165) is 22.4 Å². The van der Waals surface area contributed by atoms with E-state index in [4.69, 9.17) is 9.72 Å². The summed E-state index contributed by atoms with van der Waals surface area (Å²) in [5.74, 6) is 0.524. The molecule has 1 amide bonds. The number of aromatic nitrogens is 3. The first kappa shape index (κ1) is 24.0. The third-order valence-electron chi connectivity index (χ3n) is 6.85. The van der Waals surface area contributed by atoms with E-state index in [1.807, 2.05) is 63.2 Å². The van der Waals surface area contributed by atoms with Gasteiger partial charge >= 0.3 is 0 Å². The van der Waals surface area contributed by atoms with Crippen molar-refractivity contribution in [1.82, 2.24) is 14.8 Å². The number of carbonyl (C=O) groups is 1. The van der Waals surface area contributed by atoms with Gasteiger partial charge in [-0.15, -0.1) is 0 Å². The van der Waals surface area contributed by atoms with Crippen LogP contribution in [0.2, 0.25) is 0 Å². The second-order valence-electron chi connectivity index (χ2n) is 9.27. The van der Waals surface area contributed by atoms with Crippen molar-refractivity contribution in [3.63, 3.8) is 0 Å². The number of amides is 1. The molecule has 8 nitrogen and oxygen atoms in total. The lowest BCUT2D eigenvalue weighted by Crippen LogP contribution is -2.15. The van der Waals surface area contributed by atoms with E-state index in [0.29, 0.717) is 40.2 Å². The molecule has 1 N–H and O–H groups in total. The second-order valence-corrected chi connectivity index (χ2v) is 11.5. The van der Waals surface area contributed by atoms with Crippen LogP contribution in [-0.4, -0.2) is 47.7 Å². The van der Waals surface area contributed by atoms with Crippen molar-refractivity contribution in [2.45, 2.75) is 33.2 Å². The lowest BCUT2D eigenvalue weighted by Gasteiger charge is -2.14. The molecule has 2 aromatic carbocycles. The number of fused-ring (bicyclic) bond motifs is 1. The van der Waals surface area contributed by atoms with E-state index >= 15 is 0 Å². The number of hydrogen-bond donors (Lipinski definition) is 1. The Kier molecular flexibility index (Phi) is 6.04. The van der Waals surface area contributed by atoms with Gasteiger partial charge in [-0.3, -0.25) is 4.79 Å². The lowest BCUT2D eigenvalue weighted by atomic mass is 10.0. The van der Waals surface area contributed by atoms with Crippen molar-refractivity contribution >= 4 is 32.5 Å². The van der Waals surface area contributed by atoms with Gasteiger partial charge in [-0.2, -0.15) is 5.10 Å². The molecule has 36 heavy (non-hydrogen) atoms. The number of sulfone groups is 1. The van der Waals surface area contributed by atoms with Gasteiger partial charge in [-0.05, 0) is 62.6 Å². The normalized spacial score (nSPS) is 16.8. The average molecular weight is 505 g/mol.